The van der Waals surface area contributed by atoms with E-state index in [1.165, 1.54) is 25.7 Å². The first-order chi connectivity index (χ1) is 7.07. The second-order valence-electron chi connectivity index (χ2n) is 6.24. The van der Waals surface area contributed by atoms with E-state index in [-0.39, 0.29) is 0 Å². The molecule has 2 rings (SSSR count). The summed E-state index contributed by atoms with van der Waals surface area (Å²) >= 11 is 0. The summed E-state index contributed by atoms with van der Waals surface area (Å²) in [7, 11) is 0. The summed E-state index contributed by atoms with van der Waals surface area (Å²) in [4.78, 5) is 0. The Kier molecular flexibility index (Phi) is 3.36. The van der Waals surface area contributed by atoms with Gasteiger partial charge in [0.25, 0.3) is 0 Å². The van der Waals surface area contributed by atoms with Crippen LogP contribution in [0, 0.1) is 11.3 Å². The lowest BCUT2D eigenvalue weighted by Gasteiger charge is -2.33. The summed E-state index contributed by atoms with van der Waals surface area (Å²) < 4.78 is 5.87. The van der Waals surface area contributed by atoms with Crippen LogP contribution < -0.4 is 5.32 Å². The van der Waals surface area contributed by atoms with Crippen LogP contribution in [0.4, 0.5) is 0 Å². The van der Waals surface area contributed by atoms with Gasteiger partial charge in [-0.05, 0) is 24.7 Å². The molecule has 1 saturated carbocycles. The maximum atomic E-state index is 5.87. The third kappa shape index (κ3) is 2.73. The molecular formula is C13H25NO. The van der Waals surface area contributed by atoms with Gasteiger partial charge in [0.15, 0.2) is 0 Å². The molecule has 88 valence electrons. The van der Waals surface area contributed by atoms with Crippen molar-refractivity contribution in [2.75, 3.05) is 13.2 Å². The van der Waals surface area contributed by atoms with E-state index in [1.54, 1.807) is 0 Å². The molecule has 0 radical (unpaired) electrons. The lowest BCUT2D eigenvalue weighted by Crippen LogP contribution is -2.42. The largest absolute Gasteiger partial charge is 0.377 e. The molecule has 2 aliphatic rings. The lowest BCUT2D eigenvalue weighted by molar-refractivity contribution is 0.00631. The minimum atomic E-state index is 0.294. The van der Waals surface area contributed by atoms with Gasteiger partial charge in [0.05, 0.1) is 6.10 Å². The summed E-state index contributed by atoms with van der Waals surface area (Å²) in [6.45, 7) is 8.99. The second kappa shape index (κ2) is 4.42. The fourth-order valence-electron chi connectivity index (χ4n) is 2.73. The third-order valence-corrected chi connectivity index (χ3v) is 3.84. The average molecular weight is 211 g/mol. The maximum Gasteiger partial charge on any atom is 0.0664 e. The third-order valence-electron chi connectivity index (χ3n) is 3.84. The topological polar surface area (TPSA) is 21.3 Å². The van der Waals surface area contributed by atoms with Gasteiger partial charge < -0.3 is 10.1 Å². The van der Waals surface area contributed by atoms with E-state index in [1.807, 2.05) is 0 Å². The van der Waals surface area contributed by atoms with E-state index in [9.17, 15) is 0 Å². The summed E-state index contributed by atoms with van der Waals surface area (Å²) in [5.41, 5.74) is 0.294. The highest BCUT2D eigenvalue weighted by molar-refractivity contribution is 4.88. The smallest absolute Gasteiger partial charge is 0.0664 e. The number of ether oxygens (including phenoxy) is 1. The molecule has 0 amide bonds. The molecule has 1 saturated heterocycles. The SMILES string of the molecule is CC(C)(C)C1OCCC1CNC1CCC1. The maximum absolute atomic E-state index is 5.87. The van der Waals surface area contributed by atoms with E-state index >= 15 is 0 Å². The standard InChI is InChI=1S/C13H25NO/c1-13(2,3)12-10(7-8-15-12)9-14-11-5-4-6-11/h10-12,14H,4-9H2,1-3H3. The zero-order valence-corrected chi connectivity index (χ0v) is 10.4. The minimum Gasteiger partial charge on any atom is -0.377 e. The molecule has 1 N–H and O–H groups in total. The van der Waals surface area contributed by atoms with Crippen LogP contribution in [0.25, 0.3) is 0 Å². The molecule has 2 nitrogen and oxygen atoms in total. The van der Waals surface area contributed by atoms with Gasteiger partial charge in [-0.15, -0.1) is 0 Å². The Morgan fingerprint density at radius 2 is 1.93 bits per heavy atom. The first-order valence-electron chi connectivity index (χ1n) is 6.42. The predicted molar refractivity (Wildman–Crippen MR) is 62.9 cm³/mol. The van der Waals surface area contributed by atoms with Crippen LogP contribution in [0.5, 0.6) is 0 Å². The molecule has 2 heteroatoms. The molecular weight excluding hydrogens is 186 g/mol. The summed E-state index contributed by atoms with van der Waals surface area (Å²) in [5, 5.41) is 3.68. The molecule has 1 aliphatic carbocycles. The fourth-order valence-corrected chi connectivity index (χ4v) is 2.73. The van der Waals surface area contributed by atoms with Gasteiger partial charge in [-0.2, -0.15) is 0 Å². The van der Waals surface area contributed by atoms with Crippen LogP contribution >= 0.6 is 0 Å². The van der Waals surface area contributed by atoms with Crippen molar-refractivity contribution in [3.05, 3.63) is 0 Å². The van der Waals surface area contributed by atoms with E-state index in [0.717, 1.165) is 25.1 Å². The molecule has 2 fully saturated rings. The predicted octanol–water partition coefficient (Wildman–Crippen LogP) is 2.58. The quantitative estimate of drug-likeness (QED) is 0.774. The Balaban J connectivity index is 1.79. The molecule has 0 aromatic heterocycles. The zero-order valence-electron chi connectivity index (χ0n) is 10.4. The molecule has 0 spiro atoms. The van der Waals surface area contributed by atoms with Crippen molar-refractivity contribution in [1.82, 2.24) is 5.32 Å². The second-order valence-corrected chi connectivity index (χ2v) is 6.24. The number of hydrogen-bond donors (Lipinski definition) is 1. The van der Waals surface area contributed by atoms with E-state index < -0.39 is 0 Å². The molecule has 1 aliphatic heterocycles. The van der Waals surface area contributed by atoms with E-state index in [4.69, 9.17) is 4.74 Å². The van der Waals surface area contributed by atoms with Crippen molar-refractivity contribution in [2.24, 2.45) is 11.3 Å². The summed E-state index contributed by atoms with van der Waals surface area (Å²) in [6.07, 6.45) is 5.87. The molecule has 2 unspecified atom stereocenters. The van der Waals surface area contributed by atoms with Crippen LogP contribution in [-0.4, -0.2) is 25.3 Å². The van der Waals surface area contributed by atoms with Gasteiger partial charge in [0.1, 0.15) is 0 Å². The van der Waals surface area contributed by atoms with Gasteiger partial charge in [0, 0.05) is 25.1 Å². The van der Waals surface area contributed by atoms with E-state index in [2.05, 4.69) is 26.1 Å². The number of nitrogens with one attached hydrogen (secondary N) is 1. The van der Waals surface area contributed by atoms with Crippen molar-refractivity contribution in [2.45, 2.75) is 58.6 Å². The first-order valence-corrected chi connectivity index (χ1v) is 6.42. The van der Waals surface area contributed by atoms with Crippen molar-refractivity contribution in [3.63, 3.8) is 0 Å². The van der Waals surface area contributed by atoms with E-state index in [0.29, 0.717) is 11.5 Å². The highest BCUT2D eigenvalue weighted by Gasteiger charge is 2.37. The zero-order chi connectivity index (χ0) is 10.9. The van der Waals surface area contributed by atoms with Gasteiger partial charge in [0.2, 0.25) is 0 Å². The Morgan fingerprint density at radius 3 is 2.47 bits per heavy atom. The van der Waals surface area contributed by atoms with Crippen molar-refractivity contribution in [1.29, 1.82) is 0 Å². The molecule has 2 atom stereocenters. The van der Waals surface area contributed by atoms with Gasteiger partial charge >= 0.3 is 0 Å². The number of rotatable bonds is 3. The van der Waals surface area contributed by atoms with Gasteiger partial charge in [-0.3, -0.25) is 0 Å². The highest BCUT2D eigenvalue weighted by atomic mass is 16.5. The van der Waals surface area contributed by atoms with Crippen molar-refractivity contribution >= 4 is 0 Å². The Bertz CT molecular complexity index is 205. The van der Waals surface area contributed by atoms with Crippen LogP contribution in [-0.2, 0) is 4.74 Å². The highest BCUT2D eigenvalue weighted by Crippen LogP contribution is 2.34. The molecule has 0 aromatic rings. The minimum absolute atomic E-state index is 0.294. The normalized spacial score (nSPS) is 33.0. The van der Waals surface area contributed by atoms with Crippen LogP contribution in [0.15, 0.2) is 0 Å². The number of hydrogen-bond acceptors (Lipinski definition) is 2. The molecule has 15 heavy (non-hydrogen) atoms. The van der Waals surface area contributed by atoms with Gasteiger partial charge in [-0.1, -0.05) is 27.2 Å². The van der Waals surface area contributed by atoms with Crippen LogP contribution in [0.3, 0.4) is 0 Å². The Morgan fingerprint density at radius 1 is 1.20 bits per heavy atom. The Hall–Kier alpha value is -0.0800. The lowest BCUT2D eigenvalue weighted by atomic mass is 9.81. The van der Waals surface area contributed by atoms with Crippen molar-refractivity contribution < 1.29 is 4.74 Å². The summed E-state index contributed by atoms with van der Waals surface area (Å²) in [5.74, 6) is 0.727. The Labute approximate surface area is 93.8 Å². The van der Waals surface area contributed by atoms with Gasteiger partial charge in [-0.25, -0.2) is 0 Å². The average Bonchev–Trinajstić information content (AvgIpc) is 2.48. The molecule has 0 bridgehead atoms. The monoisotopic (exact) mass is 211 g/mol. The van der Waals surface area contributed by atoms with Crippen molar-refractivity contribution in [3.8, 4) is 0 Å². The summed E-state index contributed by atoms with van der Waals surface area (Å²) in [6, 6.07) is 0.811. The molecule has 1 heterocycles. The first kappa shape index (κ1) is 11.4. The molecule has 0 aromatic carbocycles. The fraction of sp³-hybridized carbons (Fsp3) is 1.00. The van der Waals surface area contributed by atoms with Crippen LogP contribution in [0.1, 0.15) is 46.5 Å². The van der Waals surface area contributed by atoms with Crippen LogP contribution in [0.2, 0.25) is 0 Å².